The lowest BCUT2D eigenvalue weighted by Crippen LogP contribution is -2.56. The number of aliphatic imine (C=N–C) groups is 2. The van der Waals surface area contributed by atoms with Gasteiger partial charge in [0.05, 0.1) is 6.61 Å². The smallest absolute Gasteiger partial charge is 0.245 e. The molecule has 0 radical (unpaired) electrons. The van der Waals surface area contributed by atoms with Crippen molar-refractivity contribution in [2.75, 3.05) is 13.2 Å². The summed E-state index contributed by atoms with van der Waals surface area (Å²) in [5, 5.41) is 27.1. The van der Waals surface area contributed by atoms with Crippen LogP contribution in [0, 0.1) is 0 Å². The topological polar surface area (TPSA) is 257 Å². The number of guanidine groups is 2. The number of carbonyl (C=O) groups is 3. The van der Waals surface area contributed by atoms with Gasteiger partial charge in [-0.2, -0.15) is 0 Å². The quantitative estimate of drug-likeness (QED) is 0.0621. The predicted octanol–water partition coefficient (Wildman–Crippen LogP) is -1.66. The molecule has 3 amide bonds. The first-order valence-electron chi connectivity index (χ1n) is 13.5. The van der Waals surface area contributed by atoms with Crippen LogP contribution in [-0.2, 0) is 27.2 Å². The Hall–Kier alpha value is -4.85. The van der Waals surface area contributed by atoms with Gasteiger partial charge in [-0.25, -0.2) is 4.99 Å². The first-order chi connectivity index (χ1) is 20.0. The summed E-state index contributed by atoms with van der Waals surface area (Å²) in [6, 6.07) is 11.6. The van der Waals surface area contributed by atoms with Gasteiger partial charge in [0, 0.05) is 25.4 Å². The van der Waals surface area contributed by atoms with Crippen molar-refractivity contribution in [1.29, 1.82) is 0 Å². The molecule has 0 aromatic heterocycles. The van der Waals surface area contributed by atoms with Gasteiger partial charge in [0.1, 0.15) is 23.9 Å². The lowest BCUT2D eigenvalue weighted by atomic mass is 10.0. The number of phenols is 1. The van der Waals surface area contributed by atoms with E-state index in [0.29, 0.717) is 12.0 Å². The Morgan fingerprint density at radius 2 is 1.38 bits per heavy atom. The Labute approximate surface area is 244 Å². The molecule has 2 rings (SSSR count). The zero-order valence-corrected chi connectivity index (χ0v) is 23.6. The van der Waals surface area contributed by atoms with Gasteiger partial charge in [-0.15, -0.1) is 0 Å². The number of nitrogens with two attached hydrogens (primary N) is 4. The van der Waals surface area contributed by atoms with Crippen LogP contribution in [-0.4, -0.2) is 77.2 Å². The Balaban J connectivity index is 2.29. The zero-order valence-electron chi connectivity index (χ0n) is 23.6. The lowest BCUT2D eigenvalue weighted by Gasteiger charge is -2.25. The van der Waals surface area contributed by atoms with E-state index >= 15 is 0 Å². The average Bonchev–Trinajstić information content (AvgIpc) is 2.94. The van der Waals surface area contributed by atoms with Gasteiger partial charge < -0.3 is 49.1 Å². The minimum atomic E-state index is -1.09. The number of hydrogen-bond donors (Lipinski definition) is 9. The van der Waals surface area contributed by atoms with E-state index in [1.807, 2.05) is 30.3 Å². The minimum Gasteiger partial charge on any atom is -0.508 e. The molecule has 0 saturated heterocycles. The second-order valence-corrected chi connectivity index (χ2v) is 9.79. The van der Waals surface area contributed by atoms with Gasteiger partial charge in [0.15, 0.2) is 11.9 Å². The second kappa shape index (κ2) is 17.1. The molecule has 2 aromatic carbocycles. The third kappa shape index (κ3) is 12.1. The summed E-state index contributed by atoms with van der Waals surface area (Å²) in [4.78, 5) is 47.9. The van der Waals surface area contributed by atoms with Crippen LogP contribution in [0.5, 0.6) is 5.75 Å². The van der Waals surface area contributed by atoms with E-state index in [4.69, 9.17) is 22.9 Å². The molecule has 0 aliphatic heterocycles. The van der Waals surface area contributed by atoms with Crippen molar-refractivity contribution in [2.45, 2.75) is 56.8 Å². The fourth-order valence-corrected chi connectivity index (χ4v) is 3.99. The van der Waals surface area contributed by atoms with Crippen LogP contribution in [0.4, 0.5) is 0 Å². The van der Waals surface area contributed by atoms with Gasteiger partial charge >= 0.3 is 0 Å². The summed E-state index contributed by atoms with van der Waals surface area (Å²) in [7, 11) is 0. The number of carbonyl (C=O) groups excluding carboxylic acids is 3. The molecule has 0 heterocycles. The molecule has 13 N–H and O–H groups in total. The molecule has 14 nitrogen and oxygen atoms in total. The molecule has 14 heteroatoms. The number of aliphatic hydroxyl groups excluding tert-OH is 1. The van der Waals surface area contributed by atoms with Crippen LogP contribution in [0.3, 0.4) is 0 Å². The summed E-state index contributed by atoms with van der Waals surface area (Å²) >= 11 is 0. The molecule has 0 fully saturated rings. The number of amides is 3. The van der Waals surface area contributed by atoms with Gasteiger partial charge in [0.2, 0.25) is 17.7 Å². The first-order valence-corrected chi connectivity index (χ1v) is 13.5. The van der Waals surface area contributed by atoms with Crippen LogP contribution < -0.4 is 38.9 Å². The van der Waals surface area contributed by atoms with Crippen molar-refractivity contribution >= 4 is 29.6 Å². The van der Waals surface area contributed by atoms with Crippen LogP contribution in [0.2, 0.25) is 0 Å². The summed E-state index contributed by atoms with van der Waals surface area (Å²) in [6.07, 6.45) is 0.722. The van der Waals surface area contributed by atoms with Crippen molar-refractivity contribution in [3.8, 4) is 5.75 Å². The number of aliphatic hydroxyl groups is 1. The van der Waals surface area contributed by atoms with Crippen LogP contribution in [0.15, 0.2) is 64.6 Å². The standard InChI is InChI=1S/C28H41N9O5/c1-17(16-38)34-25(41)22(14-18-6-3-2-4-7-18)36-24(40)21(8-5-13-33-27(29)30)35-26(42)23(37-28(31)32)15-19-9-11-20(39)12-10-19/h2-4,6-7,9-12,17,21-23,38-39H,5,8,13-16H2,1H3,(H,34,41)(H,35,42)(H,36,40)(H4,29,30,33)(H4,31,32,37)/t17-,21+,22-,23-/m0/s1. The van der Waals surface area contributed by atoms with Crippen LogP contribution in [0.25, 0.3) is 0 Å². The van der Waals surface area contributed by atoms with E-state index < -0.39 is 41.9 Å². The van der Waals surface area contributed by atoms with Crippen molar-refractivity contribution < 1.29 is 24.6 Å². The largest absolute Gasteiger partial charge is 0.508 e. The fraction of sp³-hybridized carbons (Fsp3) is 0.393. The number of nitrogens with zero attached hydrogens (tertiary/aromatic N) is 2. The molecule has 4 atom stereocenters. The molecular formula is C28H41N9O5. The van der Waals surface area contributed by atoms with Crippen molar-refractivity contribution in [3.05, 3.63) is 65.7 Å². The van der Waals surface area contributed by atoms with E-state index in [1.165, 1.54) is 12.1 Å². The number of hydrogen-bond acceptors (Lipinski definition) is 7. The molecule has 228 valence electrons. The maximum atomic E-state index is 13.6. The normalized spacial score (nSPS) is 13.5. The Morgan fingerprint density at radius 1 is 0.786 bits per heavy atom. The van der Waals surface area contributed by atoms with Gasteiger partial charge in [0.25, 0.3) is 0 Å². The van der Waals surface area contributed by atoms with Crippen LogP contribution >= 0.6 is 0 Å². The molecular weight excluding hydrogens is 542 g/mol. The first kappa shape index (κ1) is 33.4. The molecule has 0 aliphatic carbocycles. The maximum absolute atomic E-state index is 13.6. The average molecular weight is 584 g/mol. The second-order valence-electron chi connectivity index (χ2n) is 9.79. The highest BCUT2D eigenvalue weighted by Crippen LogP contribution is 2.13. The molecule has 0 spiro atoms. The van der Waals surface area contributed by atoms with Crippen molar-refractivity contribution in [3.63, 3.8) is 0 Å². The van der Waals surface area contributed by atoms with Crippen molar-refractivity contribution in [2.24, 2.45) is 32.9 Å². The predicted molar refractivity (Wildman–Crippen MR) is 160 cm³/mol. The van der Waals surface area contributed by atoms with Gasteiger partial charge in [-0.3, -0.25) is 19.4 Å². The number of rotatable bonds is 16. The van der Waals surface area contributed by atoms with E-state index in [-0.39, 0.29) is 50.1 Å². The van der Waals surface area contributed by atoms with Crippen LogP contribution in [0.1, 0.15) is 30.9 Å². The number of benzene rings is 2. The molecule has 2 aromatic rings. The molecule has 42 heavy (non-hydrogen) atoms. The van der Waals surface area contributed by atoms with E-state index in [2.05, 4.69) is 25.9 Å². The Bertz CT molecular complexity index is 1210. The zero-order chi connectivity index (χ0) is 31.1. The highest BCUT2D eigenvalue weighted by atomic mass is 16.3. The highest BCUT2D eigenvalue weighted by Gasteiger charge is 2.29. The lowest BCUT2D eigenvalue weighted by molar-refractivity contribution is -0.132. The monoisotopic (exact) mass is 583 g/mol. The van der Waals surface area contributed by atoms with E-state index in [9.17, 15) is 24.6 Å². The van der Waals surface area contributed by atoms with Gasteiger partial charge in [-0.05, 0) is 43.0 Å². The summed E-state index contributed by atoms with van der Waals surface area (Å²) in [5.41, 5.74) is 23.4. The Morgan fingerprint density at radius 3 is 1.98 bits per heavy atom. The third-order valence-electron chi connectivity index (χ3n) is 6.13. The summed E-state index contributed by atoms with van der Waals surface area (Å²) < 4.78 is 0. The summed E-state index contributed by atoms with van der Waals surface area (Å²) in [5.74, 6) is -2.11. The maximum Gasteiger partial charge on any atom is 0.245 e. The molecule has 0 bridgehead atoms. The van der Waals surface area contributed by atoms with Gasteiger partial charge in [-0.1, -0.05) is 42.5 Å². The van der Waals surface area contributed by atoms with E-state index in [0.717, 1.165) is 5.56 Å². The fourth-order valence-electron chi connectivity index (χ4n) is 3.99. The number of nitrogens with one attached hydrogen (secondary N) is 3. The highest BCUT2D eigenvalue weighted by molar-refractivity contribution is 5.94. The minimum absolute atomic E-state index is 0.0570. The van der Waals surface area contributed by atoms with Crippen molar-refractivity contribution in [1.82, 2.24) is 16.0 Å². The number of aromatic hydroxyl groups is 1. The summed E-state index contributed by atoms with van der Waals surface area (Å²) in [6.45, 7) is 1.55. The molecule has 0 unspecified atom stereocenters. The molecule has 0 aliphatic rings. The third-order valence-corrected chi connectivity index (χ3v) is 6.13. The molecule has 0 saturated carbocycles. The Kier molecular flexibility index (Phi) is 13.6. The number of phenolic OH excluding ortho intramolecular Hbond substituents is 1. The van der Waals surface area contributed by atoms with E-state index in [1.54, 1.807) is 19.1 Å². The SMILES string of the molecule is C[C@@H](CO)NC(=O)[C@H](Cc1ccccc1)NC(=O)[C@@H](CCCN=C(N)N)NC(=O)[C@H](Cc1ccc(O)cc1)N=C(N)N.